The van der Waals surface area contributed by atoms with Gasteiger partial charge in [-0.25, -0.2) is 9.59 Å². The quantitative estimate of drug-likeness (QED) is 0.401. The van der Waals surface area contributed by atoms with Crippen LogP contribution in [0.2, 0.25) is 0 Å². The number of likely N-dealkylation sites (tertiary alicyclic amines) is 2. The molecule has 1 N–H and O–H groups in total. The molecule has 2 fully saturated rings. The molecule has 5 rings (SSSR count). The van der Waals surface area contributed by atoms with Gasteiger partial charge in [-0.05, 0) is 83.0 Å². The van der Waals surface area contributed by atoms with E-state index < -0.39 is 23.7 Å². The Kier molecular flexibility index (Phi) is 8.12. The number of nitrogens with one attached hydrogen (secondary N) is 1. The normalized spacial score (nSPS) is 19.9. The number of piperidine rings is 1. The summed E-state index contributed by atoms with van der Waals surface area (Å²) in [4.78, 5) is 43.3. The van der Waals surface area contributed by atoms with Crippen molar-refractivity contribution in [1.29, 1.82) is 0 Å². The van der Waals surface area contributed by atoms with Crippen LogP contribution >= 0.6 is 0 Å². The van der Waals surface area contributed by atoms with Gasteiger partial charge in [0.15, 0.2) is 0 Å². The molecule has 2 aliphatic rings. The van der Waals surface area contributed by atoms with E-state index in [1.54, 1.807) is 49.9 Å². The fourth-order valence-corrected chi connectivity index (χ4v) is 5.50. The van der Waals surface area contributed by atoms with Crippen molar-refractivity contribution >= 4 is 34.6 Å². The number of nitrogens with zero attached hydrogens (tertiary/aromatic N) is 2. The van der Waals surface area contributed by atoms with E-state index in [4.69, 9.17) is 13.9 Å². The van der Waals surface area contributed by atoms with Crippen molar-refractivity contribution in [2.45, 2.75) is 70.7 Å². The highest BCUT2D eigenvalue weighted by molar-refractivity contribution is 6.00. The molecule has 40 heavy (non-hydrogen) atoms. The molecule has 2 aromatic carbocycles. The van der Waals surface area contributed by atoms with Crippen LogP contribution in [0.4, 0.5) is 10.5 Å². The molecular weight excluding hydrogens is 510 g/mol. The summed E-state index contributed by atoms with van der Waals surface area (Å²) in [6.45, 7) is 7.81. The van der Waals surface area contributed by atoms with Crippen molar-refractivity contribution < 1.29 is 28.3 Å². The Morgan fingerprint density at radius 3 is 2.45 bits per heavy atom. The van der Waals surface area contributed by atoms with E-state index >= 15 is 0 Å². The lowest BCUT2D eigenvalue weighted by Crippen LogP contribution is -2.54. The molecule has 2 aliphatic heterocycles. The van der Waals surface area contributed by atoms with E-state index in [-0.39, 0.29) is 24.3 Å². The van der Waals surface area contributed by atoms with Crippen LogP contribution in [0.3, 0.4) is 0 Å². The fourth-order valence-electron chi connectivity index (χ4n) is 5.50. The van der Waals surface area contributed by atoms with Crippen LogP contribution in [0.1, 0.15) is 62.6 Å². The zero-order chi connectivity index (χ0) is 28.3. The predicted octanol–water partition coefficient (Wildman–Crippen LogP) is 5.59. The fraction of sp³-hybridized carbons (Fsp3) is 0.452. The summed E-state index contributed by atoms with van der Waals surface area (Å²) in [5, 5.41) is 3.67. The molecule has 0 bridgehead atoms. The zero-order valence-electron chi connectivity index (χ0n) is 23.4. The van der Waals surface area contributed by atoms with Gasteiger partial charge in [0.1, 0.15) is 23.8 Å². The monoisotopic (exact) mass is 547 g/mol. The maximum Gasteiger partial charge on any atom is 0.410 e. The number of anilines is 1. The number of ether oxygens (including phenoxy) is 2. The predicted molar refractivity (Wildman–Crippen MR) is 151 cm³/mol. The first kappa shape index (κ1) is 27.7. The Labute approximate surface area is 234 Å². The Bertz CT molecular complexity index is 1360. The number of furan rings is 1. The molecule has 3 aromatic rings. The molecule has 3 heterocycles. The topological polar surface area (TPSA) is 101 Å². The summed E-state index contributed by atoms with van der Waals surface area (Å²) in [6.07, 6.45) is 3.56. The van der Waals surface area contributed by atoms with Crippen LogP contribution in [0.15, 0.2) is 59.0 Å². The van der Waals surface area contributed by atoms with Gasteiger partial charge < -0.3 is 19.2 Å². The van der Waals surface area contributed by atoms with Crippen LogP contribution in [0.25, 0.3) is 11.0 Å². The van der Waals surface area contributed by atoms with Crippen molar-refractivity contribution in [3.8, 4) is 0 Å². The van der Waals surface area contributed by atoms with Gasteiger partial charge in [-0.1, -0.05) is 36.8 Å². The van der Waals surface area contributed by atoms with Crippen LogP contribution < -0.4 is 5.32 Å². The molecule has 9 heteroatoms. The van der Waals surface area contributed by atoms with Crippen molar-refractivity contribution in [2.24, 2.45) is 0 Å². The molecule has 0 saturated carbocycles. The lowest BCUT2D eigenvalue weighted by molar-refractivity contribution is -0.121. The minimum Gasteiger partial charge on any atom is -0.454 e. The number of carbonyl (C=O) groups excluding carboxylic acids is 3. The largest absolute Gasteiger partial charge is 0.454 e. The van der Waals surface area contributed by atoms with Crippen molar-refractivity contribution in [1.82, 2.24) is 9.80 Å². The minimum atomic E-state index is -0.682. The Morgan fingerprint density at radius 1 is 0.975 bits per heavy atom. The van der Waals surface area contributed by atoms with Gasteiger partial charge in [-0.2, -0.15) is 0 Å². The Balaban J connectivity index is 1.33. The molecule has 0 aliphatic carbocycles. The van der Waals surface area contributed by atoms with E-state index in [2.05, 4.69) is 10.2 Å². The van der Waals surface area contributed by atoms with Crippen molar-refractivity contribution in [3.63, 3.8) is 0 Å². The van der Waals surface area contributed by atoms with E-state index in [1.807, 2.05) is 30.3 Å². The third-order valence-corrected chi connectivity index (χ3v) is 7.32. The smallest absolute Gasteiger partial charge is 0.410 e. The lowest BCUT2D eigenvalue weighted by Gasteiger charge is -2.36. The van der Waals surface area contributed by atoms with Crippen LogP contribution in [-0.2, 0) is 20.9 Å². The SMILES string of the molecule is CC(C)(C)OC(=O)c1cc2cc(NC(=O)C3C(N4CCCCC4)CCN3C(=O)OCc3ccccc3)ccc2o1. The van der Waals surface area contributed by atoms with Gasteiger partial charge in [0, 0.05) is 23.7 Å². The summed E-state index contributed by atoms with van der Waals surface area (Å²) >= 11 is 0. The standard InChI is InChI=1S/C31H37N3O6/c1-31(2,3)40-29(36)26-19-22-18-23(12-13-25(22)39-26)32-28(35)27-24(33-15-8-5-9-16-33)14-17-34(27)30(37)38-20-21-10-6-4-7-11-21/h4,6-7,10-13,18-19,24,27H,5,8-9,14-17,20H2,1-3H3,(H,32,35). The van der Waals surface area contributed by atoms with E-state index in [9.17, 15) is 14.4 Å². The second-order valence-corrected chi connectivity index (χ2v) is 11.5. The summed E-state index contributed by atoms with van der Waals surface area (Å²) in [6, 6.07) is 15.5. The number of benzene rings is 2. The van der Waals surface area contributed by atoms with E-state index in [0.717, 1.165) is 31.5 Å². The first-order valence-corrected chi connectivity index (χ1v) is 14.0. The molecule has 0 radical (unpaired) electrons. The molecule has 0 spiro atoms. The summed E-state index contributed by atoms with van der Waals surface area (Å²) in [5.41, 5.74) is 1.31. The van der Waals surface area contributed by atoms with Gasteiger partial charge in [-0.15, -0.1) is 0 Å². The number of rotatable bonds is 6. The van der Waals surface area contributed by atoms with Crippen molar-refractivity contribution in [3.05, 3.63) is 65.9 Å². The summed E-state index contributed by atoms with van der Waals surface area (Å²) in [5.74, 6) is -0.712. The Morgan fingerprint density at radius 2 is 1.73 bits per heavy atom. The van der Waals surface area contributed by atoms with Gasteiger partial charge in [0.05, 0.1) is 0 Å². The molecule has 9 nitrogen and oxygen atoms in total. The van der Waals surface area contributed by atoms with Crippen molar-refractivity contribution in [2.75, 3.05) is 25.0 Å². The number of esters is 1. The minimum absolute atomic E-state index is 0.0824. The number of carbonyl (C=O) groups is 3. The maximum atomic E-state index is 13.8. The lowest BCUT2D eigenvalue weighted by atomic mass is 10.0. The average Bonchev–Trinajstić information content (AvgIpc) is 3.57. The van der Waals surface area contributed by atoms with Gasteiger partial charge in [0.2, 0.25) is 11.7 Å². The second-order valence-electron chi connectivity index (χ2n) is 11.5. The highest BCUT2D eigenvalue weighted by atomic mass is 16.6. The summed E-state index contributed by atoms with van der Waals surface area (Å²) < 4.78 is 16.7. The number of amides is 2. The molecule has 2 amide bonds. The van der Waals surface area contributed by atoms with Gasteiger partial charge in [0.25, 0.3) is 0 Å². The molecular formula is C31H37N3O6. The van der Waals surface area contributed by atoms with E-state index in [0.29, 0.717) is 29.6 Å². The molecule has 212 valence electrons. The second kappa shape index (κ2) is 11.7. The zero-order valence-corrected chi connectivity index (χ0v) is 23.4. The maximum absolute atomic E-state index is 13.8. The number of hydrogen-bond donors (Lipinski definition) is 1. The Hall–Kier alpha value is -3.85. The van der Waals surface area contributed by atoms with Gasteiger partial charge in [-0.3, -0.25) is 14.6 Å². The summed E-state index contributed by atoms with van der Waals surface area (Å²) in [7, 11) is 0. The molecule has 2 saturated heterocycles. The first-order valence-electron chi connectivity index (χ1n) is 14.0. The third-order valence-electron chi connectivity index (χ3n) is 7.32. The van der Waals surface area contributed by atoms with E-state index in [1.165, 1.54) is 6.42 Å². The van der Waals surface area contributed by atoms with Crippen LogP contribution in [0.5, 0.6) is 0 Å². The highest BCUT2D eigenvalue weighted by Crippen LogP contribution is 2.29. The number of hydrogen-bond acceptors (Lipinski definition) is 7. The highest BCUT2D eigenvalue weighted by Gasteiger charge is 2.45. The first-order chi connectivity index (χ1) is 19.2. The molecule has 1 aromatic heterocycles. The molecule has 2 atom stereocenters. The van der Waals surface area contributed by atoms with Gasteiger partial charge >= 0.3 is 12.1 Å². The average molecular weight is 548 g/mol. The number of fused-ring (bicyclic) bond motifs is 1. The van der Waals surface area contributed by atoms with Crippen LogP contribution in [-0.4, -0.2) is 65.1 Å². The van der Waals surface area contributed by atoms with Crippen LogP contribution in [0, 0.1) is 0 Å². The third kappa shape index (κ3) is 6.47. The molecule has 2 unspecified atom stereocenters.